The van der Waals surface area contributed by atoms with Crippen LogP contribution in [-0.4, -0.2) is 65.4 Å². The number of methoxy groups -OCH3 is 1. The first-order valence-electron chi connectivity index (χ1n) is 12.4. The number of aliphatic hydroxyl groups is 1. The molecule has 6 aliphatic rings. The van der Waals surface area contributed by atoms with Crippen molar-refractivity contribution in [1.82, 2.24) is 0 Å². The lowest BCUT2D eigenvalue weighted by molar-refractivity contribution is -0.284. The molecule has 4 heterocycles. The standard InChI is InChI=1S/C26H34O9/c1-21(2)14-11-15(27)24(5)13(23(14,4)25(6,31-7)35-21)8-9-22(3)17(12-10-16(28)32-19(12)29)33-20(30)18-26(22,24)34-18/h10,13-14,16-18,28H,8-9,11H2,1-7H3/t13-,14+,16+,17+,18-,22+,23-,24+,25+,26-/m0/s1. The summed E-state index contributed by atoms with van der Waals surface area (Å²) in [5.41, 5.74) is -4.09. The number of carbonyl (C=O) groups is 3. The number of cyclic esters (lactones) is 2. The van der Waals surface area contributed by atoms with Gasteiger partial charge in [-0.3, -0.25) is 4.79 Å². The number of Topliss-reactive ketones (excluding diaryl/α,β-unsaturated/α-hetero) is 1. The highest BCUT2D eigenvalue weighted by Crippen LogP contribution is 2.79. The van der Waals surface area contributed by atoms with Crippen LogP contribution in [0.25, 0.3) is 0 Å². The van der Waals surface area contributed by atoms with E-state index >= 15 is 0 Å². The van der Waals surface area contributed by atoms with E-state index in [0.717, 1.165) is 0 Å². The molecule has 10 atom stereocenters. The molecule has 3 saturated heterocycles. The van der Waals surface area contributed by atoms with Crippen molar-refractivity contribution in [2.24, 2.45) is 28.1 Å². The second kappa shape index (κ2) is 6.36. The molecule has 0 aromatic rings. The van der Waals surface area contributed by atoms with E-state index in [-0.39, 0.29) is 29.6 Å². The summed E-state index contributed by atoms with van der Waals surface area (Å²) in [6.07, 6.45) is -0.554. The zero-order chi connectivity index (χ0) is 25.6. The summed E-state index contributed by atoms with van der Waals surface area (Å²) in [5.74, 6) is -2.52. The van der Waals surface area contributed by atoms with Crippen LogP contribution in [0, 0.1) is 28.1 Å². The van der Waals surface area contributed by atoms with Crippen LogP contribution >= 0.6 is 0 Å². The summed E-state index contributed by atoms with van der Waals surface area (Å²) in [4.78, 5) is 39.9. The highest BCUT2D eigenvalue weighted by atomic mass is 16.7. The van der Waals surface area contributed by atoms with E-state index in [2.05, 4.69) is 6.92 Å². The second-order valence-corrected chi connectivity index (χ2v) is 12.5. The molecule has 2 aliphatic carbocycles. The molecule has 9 nitrogen and oxygen atoms in total. The number of hydrogen-bond acceptors (Lipinski definition) is 9. The summed E-state index contributed by atoms with van der Waals surface area (Å²) >= 11 is 0. The monoisotopic (exact) mass is 490 g/mol. The van der Waals surface area contributed by atoms with Crippen LogP contribution in [0.3, 0.4) is 0 Å². The normalized spacial score (nSPS) is 55.7. The lowest BCUT2D eigenvalue weighted by Gasteiger charge is -2.65. The van der Waals surface area contributed by atoms with E-state index in [4.69, 9.17) is 23.7 Å². The van der Waals surface area contributed by atoms with Gasteiger partial charge in [-0.25, -0.2) is 9.59 Å². The minimum atomic E-state index is -1.39. The molecule has 1 spiro atoms. The van der Waals surface area contributed by atoms with Crippen LogP contribution in [0.15, 0.2) is 11.6 Å². The molecule has 2 saturated carbocycles. The van der Waals surface area contributed by atoms with Crippen LogP contribution in [0.4, 0.5) is 0 Å². The Morgan fingerprint density at radius 1 is 1.00 bits per heavy atom. The molecular formula is C26H34O9. The Hall–Kier alpha value is -1.81. The van der Waals surface area contributed by atoms with E-state index in [1.165, 1.54) is 6.08 Å². The zero-order valence-corrected chi connectivity index (χ0v) is 21.3. The molecule has 6 rings (SSSR count). The first kappa shape index (κ1) is 23.6. The van der Waals surface area contributed by atoms with Crippen molar-refractivity contribution in [3.63, 3.8) is 0 Å². The van der Waals surface area contributed by atoms with Gasteiger partial charge < -0.3 is 28.8 Å². The van der Waals surface area contributed by atoms with Gasteiger partial charge in [-0.15, -0.1) is 0 Å². The fraction of sp³-hybridized carbons (Fsp3) is 0.808. The van der Waals surface area contributed by atoms with Crippen molar-refractivity contribution in [2.75, 3.05) is 7.11 Å². The number of esters is 2. The number of carbonyl (C=O) groups excluding carboxylic acids is 3. The van der Waals surface area contributed by atoms with Gasteiger partial charge in [0.25, 0.3) is 0 Å². The van der Waals surface area contributed by atoms with Gasteiger partial charge in [0.2, 0.25) is 6.29 Å². The molecule has 0 unspecified atom stereocenters. The number of rotatable bonds is 2. The molecule has 0 bridgehead atoms. The lowest BCUT2D eigenvalue weighted by Crippen LogP contribution is -2.73. The molecule has 0 aromatic carbocycles. The fourth-order valence-corrected chi connectivity index (χ4v) is 9.33. The third-order valence-corrected chi connectivity index (χ3v) is 11.1. The number of hydrogen-bond donors (Lipinski definition) is 1. The molecule has 192 valence electrons. The van der Waals surface area contributed by atoms with Crippen LogP contribution in [0.2, 0.25) is 0 Å². The van der Waals surface area contributed by atoms with Crippen LogP contribution in [-0.2, 0) is 38.1 Å². The minimum Gasteiger partial charge on any atom is -0.454 e. The van der Waals surface area contributed by atoms with Gasteiger partial charge in [0.1, 0.15) is 17.5 Å². The number of ether oxygens (including phenoxy) is 5. The van der Waals surface area contributed by atoms with Crippen LogP contribution < -0.4 is 0 Å². The second-order valence-electron chi connectivity index (χ2n) is 12.5. The Morgan fingerprint density at radius 3 is 2.29 bits per heavy atom. The first-order valence-corrected chi connectivity index (χ1v) is 12.4. The van der Waals surface area contributed by atoms with Gasteiger partial charge >= 0.3 is 11.9 Å². The largest absolute Gasteiger partial charge is 0.454 e. The van der Waals surface area contributed by atoms with Crippen molar-refractivity contribution in [3.8, 4) is 0 Å². The maximum atomic E-state index is 14.2. The van der Waals surface area contributed by atoms with E-state index in [1.807, 2.05) is 34.6 Å². The number of epoxide rings is 1. The predicted molar refractivity (Wildman–Crippen MR) is 118 cm³/mol. The van der Waals surface area contributed by atoms with Gasteiger partial charge in [-0.05, 0) is 52.5 Å². The Bertz CT molecular complexity index is 1100. The molecule has 0 aromatic heterocycles. The average Bonchev–Trinajstić information content (AvgIpc) is 3.43. The summed E-state index contributed by atoms with van der Waals surface area (Å²) in [6, 6.07) is 0. The third kappa shape index (κ3) is 2.29. The average molecular weight is 491 g/mol. The van der Waals surface area contributed by atoms with E-state index in [0.29, 0.717) is 12.8 Å². The SMILES string of the molecule is CO[C@]1(C)OC(C)(C)[C@H]2CC(=O)[C@@]3(C)[C@@H](CC[C@]4(C)[C@@H](C5=C[C@H](O)OC5=O)OC(=O)[C@@H]5O[C@]534)[C@@]21C. The maximum absolute atomic E-state index is 14.2. The molecule has 5 fully saturated rings. The van der Waals surface area contributed by atoms with Crippen molar-refractivity contribution in [2.45, 2.75) is 96.3 Å². The Morgan fingerprint density at radius 2 is 1.69 bits per heavy atom. The van der Waals surface area contributed by atoms with E-state index < -0.39 is 63.7 Å². The van der Waals surface area contributed by atoms with Crippen molar-refractivity contribution in [3.05, 3.63) is 11.6 Å². The van der Waals surface area contributed by atoms with E-state index in [1.54, 1.807) is 7.11 Å². The number of fused-ring (bicyclic) bond motifs is 3. The van der Waals surface area contributed by atoms with Crippen molar-refractivity contribution < 1.29 is 43.2 Å². The smallest absolute Gasteiger partial charge is 0.340 e. The fourth-order valence-electron chi connectivity index (χ4n) is 9.33. The van der Waals surface area contributed by atoms with Crippen LogP contribution in [0.1, 0.15) is 60.8 Å². The van der Waals surface area contributed by atoms with Crippen molar-refractivity contribution in [1.29, 1.82) is 0 Å². The Labute approximate surface area is 204 Å². The number of ketones is 1. The summed E-state index contributed by atoms with van der Waals surface area (Å²) in [6.45, 7) is 12.0. The third-order valence-electron chi connectivity index (χ3n) is 11.1. The number of aliphatic hydroxyl groups excluding tert-OH is 1. The molecular weight excluding hydrogens is 456 g/mol. The predicted octanol–water partition coefficient (Wildman–Crippen LogP) is 2.04. The molecule has 9 heteroatoms. The molecule has 1 N–H and O–H groups in total. The molecule has 0 radical (unpaired) electrons. The summed E-state index contributed by atoms with van der Waals surface area (Å²) in [7, 11) is 1.64. The van der Waals surface area contributed by atoms with Crippen LogP contribution in [0.5, 0.6) is 0 Å². The Kier molecular flexibility index (Phi) is 4.28. The van der Waals surface area contributed by atoms with Crippen molar-refractivity contribution >= 4 is 17.7 Å². The highest BCUT2D eigenvalue weighted by Gasteiger charge is 2.90. The maximum Gasteiger partial charge on any atom is 0.340 e. The molecule has 0 amide bonds. The van der Waals surface area contributed by atoms with Gasteiger partial charge in [-0.1, -0.05) is 13.8 Å². The van der Waals surface area contributed by atoms with E-state index in [9.17, 15) is 19.5 Å². The zero-order valence-electron chi connectivity index (χ0n) is 21.3. The van der Waals surface area contributed by atoms with Gasteiger partial charge in [0, 0.05) is 30.3 Å². The summed E-state index contributed by atoms with van der Waals surface area (Å²) in [5, 5.41) is 9.90. The van der Waals surface area contributed by atoms with Gasteiger partial charge in [-0.2, -0.15) is 0 Å². The summed E-state index contributed by atoms with van der Waals surface area (Å²) < 4.78 is 29.6. The Balaban J connectivity index is 1.53. The van der Waals surface area contributed by atoms with Gasteiger partial charge in [0.15, 0.2) is 11.9 Å². The highest BCUT2D eigenvalue weighted by molar-refractivity contribution is 5.96. The molecule has 35 heavy (non-hydrogen) atoms. The topological polar surface area (TPSA) is 121 Å². The quantitative estimate of drug-likeness (QED) is 0.458. The molecule has 4 aliphatic heterocycles. The lowest BCUT2D eigenvalue weighted by atomic mass is 9.37. The first-order chi connectivity index (χ1) is 16.1. The van der Waals surface area contributed by atoms with Gasteiger partial charge in [0.05, 0.1) is 16.6 Å². The minimum absolute atomic E-state index is 0.0342.